The molecule has 0 saturated heterocycles. The fourth-order valence-corrected chi connectivity index (χ4v) is 3.26. The summed E-state index contributed by atoms with van der Waals surface area (Å²) in [6, 6.07) is 10.5. The van der Waals surface area contributed by atoms with Crippen molar-refractivity contribution >= 4 is 23.5 Å². The number of esters is 1. The van der Waals surface area contributed by atoms with Gasteiger partial charge >= 0.3 is 5.97 Å². The lowest BCUT2D eigenvalue weighted by atomic mass is 9.89. The number of hydrogen-bond acceptors (Lipinski definition) is 6. The molecule has 1 aliphatic rings. The van der Waals surface area contributed by atoms with E-state index in [9.17, 15) is 14.4 Å². The first-order valence-corrected chi connectivity index (χ1v) is 9.49. The number of benzene rings is 1. The third kappa shape index (κ3) is 5.45. The molecule has 7 nitrogen and oxygen atoms in total. The third-order valence-corrected chi connectivity index (χ3v) is 4.75. The summed E-state index contributed by atoms with van der Waals surface area (Å²) in [7, 11) is 0. The number of amides is 2. The van der Waals surface area contributed by atoms with Crippen molar-refractivity contribution in [2.24, 2.45) is 5.92 Å². The zero-order valence-electron chi connectivity index (χ0n) is 15.6. The zero-order valence-corrected chi connectivity index (χ0v) is 15.6. The summed E-state index contributed by atoms with van der Waals surface area (Å²) in [5.74, 6) is -0.919. The van der Waals surface area contributed by atoms with E-state index in [1.54, 1.807) is 36.6 Å². The van der Waals surface area contributed by atoms with Crippen molar-refractivity contribution in [3.05, 3.63) is 54.0 Å². The van der Waals surface area contributed by atoms with Crippen molar-refractivity contribution in [2.75, 3.05) is 11.9 Å². The Morgan fingerprint density at radius 3 is 2.57 bits per heavy atom. The Labute approximate surface area is 163 Å². The van der Waals surface area contributed by atoms with Crippen molar-refractivity contribution in [3.8, 4) is 0 Å². The number of nitrogens with one attached hydrogen (secondary N) is 2. The standard InChI is InChI=1S/C21H24N2O5/c24-19(23-20(25)15-7-2-1-3-8-15)14-28-21(26)17-10-4-5-11-18(17)22-13-16-9-6-12-27-16/h4-6,9-12,15,22H,1-3,7-8,13-14H2,(H,23,24,25). The summed E-state index contributed by atoms with van der Waals surface area (Å²) in [6.07, 6.45) is 6.31. The molecule has 0 radical (unpaired) electrons. The van der Waals surface area contributed by atoms with E-state index in [-0.39, 0.29) is 11.8 Å². The van der Waals surface area contributed by atoms with E-state index in [2.05, 4.69) is 10.6 Å². The summed E-state index contributed by atoms with van der Waals surface area (Å²) in [5, 5.41) is 5.44. The topological polar surface area (TPSA) is 97.6 Å². The van der Waals surface area contributed by atoms with Gasteiger partial charge in [0, 0.05) is 11.6 Å². The highest BCUT2D eigenvalue weighted by atomic mass is 16.5. The van der Waals surface area contributed by atoms with Gasteiger partial charge in [-0.1, -0.05) is 31.4 Å². The van der Waals surface area contributed by atoms with Crippen LogP contribution in [0.3, 0.4) is 0 Å². The van der Waals surface area contributed by atoms with Crippen LogP contribution in [0, 0.1) is 5.92 Å². The molecule has 0 atom stereocenters. The smallest absolute Gasteiger partial charge is 0.340 e. The molecule has 2 N–H and O–H groups in total. The van der Waals surface area contributed by atoms with Crippen molar-refractivity contribution in [3.63, 3.8) is 0 Å². The highest BCUT2D eigenvalue weighted by molar-refractivity contribution is 5.99. The Kier molecular flexibility index (Phi) is 6.84. The van der Waals surface area contributed by atoms with Gasteiger partial charge in [-0.15, -0.1) is 0 Å². The van der Waals surface area contributed by atoms with E-state index < -0.39 is 18.5 Å². The number of para-hydroxylation sites is 1. The molecule has 1 aromatic heterocycles. The molecule has 1 fully saturated rings. The molecule has 0 bridgehead atoms. The van der Waals surface area contributed by atoms with Gasteiger partial charge in [0.05, 0.1) is 18.4 Å². The minimum absolute atomic E-state index is 0.125. The fourth-order valence-electron chi connectivity index (χ4n) is 3.26. The molecule has 1 heterocycles. The van der Waals surface area contributed by atoms with E-state index in [1.807, 2.05) is 6.07 Å². The molecule has 1 aromatic carbocycles. The molecule has 2 aromatic rings. The Hall–Kier alpha value is -3.09. The van der Waals surface area contributed by atoms with Gasteiger partial charge in [-0.05, 0) is 37.1 Å². The Morgan fingerprint density at radius 2 is 1.82 bits per heavy atom. The van der Waals surface area contributed by atoms with E-state index in [0.29, 0.717) is 17.8 Å². The van der Waals surface area contributed by atoms with Crippen molar-refractivity contribution in [1.82, 2.24) is 5.32 Å². The molecular formula is C21H24N2O5. The highest BCUT2D eigenvalue weighted by Gasteiger charge is 2.23. The fraction of sp³-hybridized carbons (Fsp3) is 0.381. The van der Waals surface area contributed by atoms with Crippen LogP contribution >= 0.6 is 0 Å². The SMILES string of the molecule is O=C(COC(=O)c1ccccc1NCc1ccco1)NC(=O)C1CCCCC1. The number of furan rings is 1. The van der Waals surface area contributed by atoms with Gasteiger partial charge in [-0.25, -0.2) is 4.79 Å². The first kappa shape index (κ1) is 19.7. The molecule has 28 heavy (non-hydrogen) atoms. The molecule has 7 heteroatoms. The van der Waals surface area contributed by atoms with Crippen LogP contribution in [0.5, 0.6) is 0 Å². The lowest BCUT2D eigenvalue weighted by Crippen LogP contribution is -2.38. The first-order chi connectivity index (χ1) is 13.6. The molecule has 0 spiro atoms. The summed E-state index contributed by atoms with van der Waals surface area (Å²) >= 11 is 0. The minimum Gasteiger partial charge on any atom is -0.467 e. The number of rotatable bonds is 7. The second kappa shape index (κ2) is 9.73. The molecule has 148 valence electrons. The molecular weight excluding hydrogens is 360 g/mol. The number of ether oxygens (including phenoxy) is 1. The average molecular weight is 384 g/mol. The van der Waals surface area contributed by atoms with Crippen LogP contribution in [-0.4, -0.2) is 24.4 Å². The average Bonchev–Trinajstić information content (AvgIpc) is 3.25. The maximum atomic E-state index is 12.4. The van der Waals surface area contributed by atoms with Crippen molar-refractivity contribution < 1.29 is 23.5 Å². The van der Waals surface area contributed by atoms with Crippen LogP contribution in [0.1, 0.15) is 48.2 Å². The predicted molar refractivity (Wildman–Crippen MR) is 102 cm³/mol. The van der Waals surface area contributed by atoms with Crippen LogP contribution < -0.4 is 10.6 Å². The zero-order chi connectivity index (χ0) is 19.8. The third-order valence-electron chi connectivity index (χ3n) is 4.75. The number of imide groups is 1. The van der Waals surface area contributed by atoms with Crippen molar-refractivity contribution in [2.45, 2.75) is 38.6 Å². The van der Waals surface area contributed by atoms with E-state index >= 15 is 0 Å². The van der Waals surface area contributed by atoms with Gasteiger partial charge in [-0.2, -0.15) is 0 Å². The Morgan fingerprint density at radius 1 is 1.04 bits per heavy atom. The van der Waals surface area contributed by atoms with E-state index in [1.165, 1.54) is 0 Å². The molecule has 0 aliphatic heterocycles. The normalized spacial score (nSPS) is 14.3. The molecule has 1 aliphatic carbocycles. The quantitative estimate of drug-likeness (QED) is 0.711. The van der Waals surface area contributed by atoms with Gasteiger partial charge in [0.2, 0.25) is 5.91 Å². The van der Waals surface area contributed by atoms with Crippen LogP contribution in [0.2, 0.25) is 0 Å². The minimum atomic E-state index is -0.636. The van der Waals surface area contributed by atoms with Crippen molar-refractivity contribution in [1.29, 1.82) is 0 Å². The van der Waals surface area contributed by atoms with Gasteiger partial charge in [0.25, 0.3) is 5.91 Å². The lowest BCUT2D eigenvalue weighted by Gasteiger charge is -2.20. The summed E-state index contributed by atoms with van der Waals surface area (Å²) < 4.78 is 10.3. The van der Waals surface area contributed by atoms with Gasteiger partial charge in [0.15, 0.2) is 6.61 Å². The number of hydrogen-bond donors (Lipinski definition) is 2. The number of anilines is 1. The second-order valence-corrected chi connectivity index (χ2v) is 6.80. The maximum Gasteiger partial charge on any atom is 0.340 e. The predicted octanol–water partition coefficient (Wildman–Crippen LogP) is 3.27. The Bertz CT molecular complexity index is 810. The van der Waals surface area contributed by atoms with Crippen LogP contribution in [0.15, 0.2) is 47.1 Å². The van der Waals surface area contributed by atoms with E-state index in [4.69, 9.17) is 9.15 Å². The number of carbonyl (C=O) groups is 3. The molecule has 1 saturated carbocycles. The monoisotopic (exact) mass is 384 g/mol. The largest absolute Gasteiger partial charge is 0.467 e. The van der Waals surface area contributed by atoms with Crippen LogP contribution in [-0.2, 0) is 20.9 Å². The van der Waals surface area contributed by atoms with E-state index in [0.717, 1.165) is 37.9 Å². The summed E-state index contributed by atoms with van der Waals surface area (Å²) in [4.78, 5) is 36.4. The number of carbonyl (C=O) groups excluding carboxylic acids is 3. The van der Waals surface area contributed by atoms with Gasteiger partial charge in [0.1, 0.15) is 5.76 Å². The lowest BCUT2D eigenvalue weighted by molar-refractivity contribution is -0.135. The Balaban J connectivity index is 1.50. The molecule has 2 amide bonds. The summed E-state index contributed by atoms with van der Waals surface area (Å²) in [6.45, 7) is -0.0858. The van der Waals surface area contributed by atoms with Gasteiger partial charge < -0.3 is 14.5 Å². The maximum absolute atomic E-state index is 12.4. The first-order valence-electron chi connectivity index (χ1n) is 9.49. The highest BCUT2D eigenvalue weighted by Crippen LogP contribution is 2.23. The van der Waals surface area contributed by atoms with Gasteiger partial charge in [-0.3, -0.25) is 14.9 Å². The van der Waals surface area contributed by atoms with Crippen LogP contribution in [0.25, 0.3) is 0 Å². The second-order valence-electron chi connectivity index (χ2n) is 6.80. The summed E-state index contributed by atoms with van der Waals surface area (Å²) in [5.41, 5.74) is 0.878. The molecule has 0 unspecified atom stereocenters. The molecule has 3 rings (SSSR count). The van der Waals surface area contributed by atoms with Crippen LogP contribution in [0.4, 0.5) is 5.69 Å².